The van der Waals surface area contributed by atoms with E-state index in [2.05, 4.69) is 24.5 Å². The van der Waals surface area contributed by atoms with Crippen LogP contribution in [0.1, 0.15) is 32.1 Å². The van der Waals surface area contributed by atoms with Crippen LogP contribution in [0.3, 0.4) is 0 Å². The minimum absolute atomic E-state index is 0.282. The minimum atomic E-state index is 0.282. The highest BCUT2D eigenvalue weighted by molar-refractivity contribution is 5.02. The van der Waals surface area contributed by atoms with Crippen molar-refractivity contribution < 1.29 is 5.11 Å². The maximum absolute atomic E-state index is 8.50. The summed E-state index contributed by atoms with van der Waals surface area (Å²) in [7, 11) is 0. The van der Waals surface area contributed by atoms with Crippen molar-refractivity contribution in [2.24, 2.45) is 0 Å². The molecule has 0 aliphatic rings. The first kappa shape index (κ1) is 12.0. The summed E-state index contributed by atoms with van der Waals surface area (Å²) in [5, 5.41) is 8.50. The second-order valence-corrected chi connectivity index (χ2v) is 2.74. The van der Waals surface area contributed by atoms with Gasteiger partial charge in [-0.25, -0.2) is 0 Å². The Morgan fingerprint density at radius 2 is 1.92 bits per heavy atom. The molecule has 0 heterocycles. The van der Waals surface area contributed by atoms with Gasteiger partial charge < -0.3 is 5.11 Å². The van der Waals surface area contributed by atoms with Crippen molar-refractivity contribution in [1.82, 2.24) is 0 Å². The van der Waals surface area contributed by atoms with E-state index in [0.717, 1.165) is 32.1 Å². The zero-order valence-corrected chi connectivity index (χ0v) is 8.13. The number of aliphatic hydroxyl groups is 1. The highest BCUT2D eigenvalue weighted by Crippen LogP contribution is 1.93. The summed E-state index contributed by atoms with van der Waals surface area (Å²) in [4.78, 5) is 0. The Labute approximate surface area is 81.2 Å². The Kier molecular flexibility index (Phi) is 10.2. The Morgan fingerprint density at radius 3 is 2.62 bits per heavy atom. The molecule has 13 heavy (non-hydrogen) atoms. The van der Waals surface area contributed by atoms with E-state index in [9.17, 15) is 0 Å². The molecule has 0 atom stereocenters. The number of rotatable bonds is 6. The van der Waals surface area contributed by atoms with Crippen LogP contribution in [0, 0.1) is 11.8 Å². The molecule has 0 aromatic carbocycles. The molecule has 0 saturated heterocycles. The monoisotopic (exact) mass is 178 g/mol. The van der Waals surface area contributed by atoms with Crippen LogP contribution in [-0.4, -0.2) is 11.7 Å². The number of hydrogen-bond donors (Lipinski definition) is 1. The van der Waals surface area contributed by atoms with Crippen LogP contribution < -0.4 is 0 Å². The lowest BCUT2D eigenvalue weighted by Gasteiger charge is -1.88. The summed E-state index contributed by atoms with van der Waals surface area (Å²) in [5.74, 6) is 6.16. The topological polar surface area (TPSA) is 20.2 Å². The van der Waals surface area contributed by atoms with Crippen molar-refractivity contribution in [3.63, 3.8) is 0 Å². The lowest BCUT2D eigenvalue weighted by molar-refractivity contribution is 0.285. The van der Waals surface area contributed by atoms with E-state index in [1.54, 1.807) is 6.08 Å². The normalized spacial score (nSPS) is 9.62. The molecule has 0 bridgehead atoms. The molecule has 0 aromatic rings. The fourth-order valence-electron chi connectivity index (χ4n) is 0.850. The molecule has 0 aliphatic carbocycles. The molecule has 72 valence electrons. The van der Waals surface area contributed by atoms with E-state index in [1.165, 1.54) is 0 Å². The van der Waals surface area contributed by atoms with Gasteiger partial charge in [0.15, 0.2) is 0 Å². The maximum atomic E-state index is 8.50. The summed E-state index contributed by atoms with van der Waals surface area (Å²) >= 11 is 0. The van der Waals surface area contributed by atoms with Crippen LogP contribution in [0.15, 0.2) is 24.8 Å². The minimum Gasteiger partial charge on any atom is -0.396 e. The summed E-state index contributed by atoms with van der Waals surface area (Å²) in [6.07, 6.45) is 10.5. The molecule has 0 rings (SSSR count). The molecule has 0 unspecified atom stereocenters. The van der Waals surface area contributed by atoms with Gasteiger partial charge in [0.1, 0.15) is 0 Å². The fourth-order valence-corrected chi connectivity index (χ4v) is 0.850. The Hall–Kier alpha value is -1.00. The molecule has 0 aromatic heterocycles. The zero-order chi connectivity index (χ0) is 9.78. The molecule has 0 amide bonds. The molecule has 1 N–H and O–H groups in total. The van der Waals surface area contributed by atoms with Crippen molar-refractivity contribution in [3.8, 4) is 11.8 Å². The lowest BCUT2D eigenvalue weighted by atomic mass is 10.2. The van der Waals surface area contributed by atoms with Crippen LogP contribution in [0.25, 0.3) is 0 Å². The number of hydrogen-bond acceptors (Lipinski definition) is 1. The van der Waals surface area contributed by atoms with Crippen LogP contribution >= 0.6 is 0 Å². The zero-order valence-electron chi connectivity index (χ0n) is 8.13. The summed E-state index contributed by atoms with van der Waals surface area (Å²) in [5.41, 5.74) is 0. The third kappa shape index (κ3) is 11.0. The van der Waals surface area contributed by atoms with Gasteiger partial charge in [0.05, 0.1) is 0 Å². The number of allylic oxidation sites excluding steroid dienone is 3. The summed E-state index contributed by atoms with van der Waals surface area (Å²) < 4.78 is 0. The Balaban J connectivity index is 3.19. The quantitative estimate of drug-likeness (QED) is 0.376. The van der Waals surface area contributed by atoms with E-state index in [1.807, 2.05) is 6.08 Å². The van der Waals surface area contributed by atoms with E-state index >= 15 is 0 Å². The second kappa shape index (κ2) is 11.0. The molecule has 0 saturated carbocycles. The van der Waals surface area contributed by atoms with Gasteiger partial charge in [-0.3, -0.25) is 0 Å². The van der Waals surface area contributed by atoms with Crippen LogP contribution in [0.5, 0.6) is 0 Å². The third-order valence-electron chi connectivity index (χ3n) is 1.54. The summed E-state index contributed by atoms with van der Waals surface area (Å²) in [6, 6.07) is 0. The highest BCUT2D eigenvalue weighted by Gasteiger charge is 1.81. The van der Waals surface area contributed by atoms with Crippen molar-refractivity contribution >= 4 is 0 Å². The molecule has 0 aliphatic heterocycles. The molecular formula is C12H18O. The molecule has 0 spiro atoms. The molecule has 0 fully saturated rings. The largest absolute Gasteiger partial charge is 0.396 e. The average Bonchev–Trinajstić information content (AvgIpc) is 2.16. The Bertz CT molecular complexity index is 193. The van der Waals surface area contributed by atoms with Crippen LogP contribution in [0.2, 0.25) is 0 Å². The number of unbranched alkanes of at least 4 members (excludes halogenated alkanes) is 3. The molecule has 0 radical (unpaired) electrons. The molecular weight excluding hydrogens is 160 g/mol. The van der Waals surface area contributed by atoms with Gasteiger partial charge in [-0.2, -0.15) is 0 Å². The number of aliphatic hydroxyl groups excluding tert-OH is 1. The highest BCUT2D eigenvalue weighted by atomic mass is 16.2. The SMILES string of the molecule is C=C/C=C/CCC#CCCCCO. The van der Waals surface area contributed by atoms with Gasteiger partial charge in [-0.1, -0.05) is 24.8 Å². The molecule has 1 nitrogen and oxygen atoms in total. The van der Waals surface area contributed by atoms with E-state index in [-0.39, 0.29) is 6.61 Å². The van der Waals surface area contributed by atoms with E-state index in [4.69, 9.17) is 5.11 Å². The smallest absolute Gasteiger partial charge is 0.0431 e. The first-order chi connectivity index (χ1) is 6.41. The van der Waals surface area contributed by atoms with Gasteiger partial charge in [0.2, 0.25) is 0 Å². The first-order valence-corrected chi connectivity index (χ1v) is 4.76. The van der Waals surface area contributed by atoms with Gasteiger partial charge in [0, 0.05) is 19.4 Å². The summed E-state index contributed by atoms with van der Waals surface area (Å²) in [6.45, 7) is 3.86. The van der Waals surface area contributed by atoms with Gasteiger partial charge >= 0.3 is 0 Å². The van der Waals surface area contributed by atoms with Gasteiger partial charge in [-0.05, 0) is 19.3 Å². The maximum Gasteiger partial charge on any atom is 0.0431 e. The van der Waals surface area contributed by atoms with E-state index in [0.29, 0.717) is 0 Å². The Morgan fingerprint density at radius 1 is 1.15 bits per heavy atom. The van der Waals surface area contributed by atoms with E-state index < -0.39 is 0 Å². The van der Waals surface area contributed by atoms with Crippen molar-refractivity contribution in [3.05, 3.63) is 24.8 Å². The van der Waals surface area contributed by atoms with Crippen LogP contribution in [-0.2, 0) is 0 Å². The third-order valence-corrected chi connectivity index (χ3v) is 1.54. The van der Waals surface area contributed by atoms with Gasteiger partial charge in [0.25, 0.3) is 0 Å². The molecule has 1 heteroatoms. The first-order valence-electron chi connectivity index (χ1n) is 4.76. The fraction of sp³-hybridized carbons (Fsp3) is 0.500. The predicted molar refractivity (Wildman–Crippen MR) is 57.3 cm³/mol. The van der Waals surface area contributed by atoms with Crippen molar-refractivity contribution in [2.75, 3.05) is 6.61 Å². The second-order valence-electron chi connectivity index (χ2n) is 2.74. The van der Waals surface area contributed by atoms with Crippen molar-refractivity contribution in [1.29, 1.82) is 0 Å². The van der Waals surface area contributed by atoms with Crippen molar-refractivity contribution in [2.45, 2.75) is 32.1 Å². The predicted octanol–water partition coefficient (Wildman–Crippen LogP) is 2.67. The standard InChI is InChI=1S/C12H18O/c1-2-3-4-5-6-7-8-9-10-11-12-13/h2-4,13H,1,5-6,9-12H2/b4-3+. The van der Waals surface area contributed by atoms with Crippen LogP contribution in [0.4, 0.5) is 0 Å². The average molecular weight is 178 g/mol. The van der Waals surface area contributed by atoms with Gasteiger partial charge in [-0.15, -0.1) is 11.8 Å². The lowest BCUT2D eigenvalue weighted by Crippen LogP contribution is -1.80.